The first kappa shape index (κ1) is 51.1. The number of aliphatic imine (C=N–C) groups is 1. The Hall–Kier alpha value is -7.01. The predicted molar refractivity (Wildman–Crippen MR) is 224 cm³/mol. The number of rotatable bonds is 14. The molecule has 11 amide bonds. The lowest BCUT2D eigenvalue weighted by molar-refractivity contribution is -0.135. The topological polar surface area (TPSA) is 381 Å². The van der Waals surface area contributed by atoms with Crippen molar-refractivity contribution in [1.82, 2.24) is 53.2 Å². The van der Waals surface area contributed by atoms with Gasteiger partial charge in [0, 0.05) is 40.0 Å². The van der Waals surface area contributed by atoms with Crippen LogP contribution in [0.25, 0.3) is 0 Å². The molecule has 4 unspecified atom stereocenters. The van der Waals surface area contributed by atoms with Crippen LogP contribution in [0.3, 0.4) is 0 Å². The number of nitrogens with one attached hydrogen (secondary N) is 10. The number of primary amides is 1. The summed E-state index contributed by atoms with van der Waals surface area (Å²) in [6.45, 7) is 0.221. The summed E-state index contributed by atoms with van der Waals surface area (Å²) < 4.78 is 0. The first-order valence-electron chi connectivity index (χ1n) is 20.1. The van der Waals surface area contributed by atoms with Crippen molar-refractivity contribution in [3.05, 3.63) is 35.9 Å². The summed E-state index contributed by atoms with van der Waals surface area (Å²) in [4.78, 5) is 134. The molecule has 342 valence electrons. The number of guanidine groups is 1. The zero-order valence-electron chi connectivity index (χ0n) is 34.9. The first-order valence-corrected chi connectivity index (χ1v) is 20.1. The molecule has 0 spiro atoms. The monoisotopic (exact) mass is 872 g/mol. The number of carbonyl (C=O) groups is 10. The molecule has 62 heavy (non-hydrogen) atoms. The van der Waals surface area contributed by atoms with Gasteiger partial charge in [-0.3, -0.25) is 48.1 Å². The SMILES string of the molecule is CNC(=O)C1CCCCNC(=O)CC(NC(=O)CNC(C)=O)C(=O)N[C@@H](CCCNC(N)=O)C(=O)NC(Cc2ccccc2)C(=O)NC(CCCN=C(N)N)C(=O)NCC(=O)N1. The zero-order chi connectivity index (χ0) is 46.0. The smallest absolute Gasteiger partial charge is 0.312 e. The highest BCUT2D eigenvalue weighted by molar-refractivity contribution is 5.98. The van der Waals surface area contributed by atoms with Gasteiger partial charge >= 0.3 is 6.03 Å². The Morgan fingerprint density at radius 1 is 0.758 bits per heavy atom. The third-order valence-corrected chi connectivity index (χ3v) is 9.20. The molecule has 1 fully saturated rings. The lowest BCUT2D eigenvalue weighted by Gasteiger charge is -2.27. The number of hydrogen-bond donors (Lipinski definition) is 13. The third-order valence-electron chi connectivity index (χ3n) is 9.20. The average molecular weight is 873 g/mol. The number of likely N-dealkylation sites (N-methyl/N-ethyl adjacent to an activating group) is 1. The molecule has 24 nitrogen and oxygen atoms in total. The van der Waals surface area contributed by atoms with Gasteiger partial charge < -0.3 is 70.4 Å². The van der Waals surface area contributed by atoms with E-state index in [-0.39, 0.29) is 64.1 Å². The Labute approximate surface area is 358 Å². The Kier molecular flexibility index (Phi) is 22.8. The van der Waals surface area contributed by atoms with Gasteiger partial charge in [-0.1, -0.05) is 30.3 Å². The number of carbonyl (C=O) groups excluding carboxylic acids is 10. The van der Waals surface area contributed by atoms with Gasteiger partial charge in [-0.2, -0.15) is 0 Å². The summed E-state index contributed by atoms with van der Waals surface area (Å²) in [6.07, 6.45) is 0.229. The second kappa shape index (κ2) is 27.7. The molecule has 0 aromatic heterocycles. The highest BCUT2D eigenvalue weighted by Crippen LogP contribution is 2.09. The minimum Gasteiger partial charge on any atom is -0.370 e. The quantitative estimate of drug-likeness (QED) is 0.0474. The molecule has 1 aromatic carbocycles. The largest absolute Gasteiger partial charge is 0.370 e. The maximum atomic E-state index is 14.1. The molecule has 0 aliphatic carbocycles. The maximum absolute atomic E-state index is 14.1. The van der Waals surface area contributed by atoms with Crippen LogP contribution in [0.1, 0.15) is 63.9 Å². The zero-order valence-corrected chi connectivity index (χ0v) is 34.9. The Bertz CT molecular complexity index is 1760. The molecule has 5 atom stereocenters. The van der Waals surface area contributed by atoms with Gasteiger partial charge in [0.2, 0.25) is 53.2 Å². The molecule has 24 heteroatoms. The molecule has 0 radical (unpaired) electrons. The number of nitrogens with zero attached hydrogens (tertiary/aromatic N) is 1. The summed E-state index contributed by atoms with van der Waals surface area (Å²) in [5.41, 5.74) is 16.7. The molecule has 1 saturated heterocycles. The van der Waals surface area contributed by atoms with Crippen LogP contribution in [-0.2, 0) is 49.6 Å². The summed E-state index contributed by atoms with van der Waals surface area (Å²) in [6, 6.07) is 1.05. The third kappa shape index (κ3) is 20.8. The summed E-state index contributed by atoms with van der Waals surface area (Å²) in [5, 5.41) is 25.1. The summed E-state index contributed by atoms with van der Waals surface area (Å²) in [7, 11) is 1.38. The van der Waals surface area contributed by atoms with Crippen molar-refractivity contribution < 1.29 is 47.9 Å². The van der Waals surface area contributed by atoms with E-state index in [4.69, 9.17) is 17.2 Å². The first-order chi connectivity index (χ1) is 29.5. The lowest BCUT2D eigenvalue weighted by Crippen LogP contribution is -2.59. The summed E-state index contributed by atoms with van der Waals surface area (Å²) in [5.74, 6) is -6.89. The van der Waals surface area contributed by atoms with E-state index in [9.17, 15) is 47.9 Å². The molecule has 1 heterocycles. The van der Waals surface area contributed by atoms with Gasteiger partial charge in [-0.15, -0.1) is 0 Å². The minimum atomic E-state index is -1.56. The second-order valence-corrected chi connectivity index (χ2v) is 14.3. The van der Waals surface area contributed by atoms with Gasteiger partial charge in [-0.05, 0) is 50.5 Å². The molecular formula is C38H60N14O10. The Morgan fingerprint density at radius 3 is 2.06 bits per heavy atom. The van der Waals surface area contributed by atoms with Crippen LogP contribution in [0.15, 0.2) is 35.3 Å². The Morgan fingerprint density at radius 2 is 1.40 bits per heavy atom. The van der Waals surface area contributed by atoms with E-state index < -0.39 is 109 Å². The van der Waals surface area contributed by atoms with Crippen LogP contribution in [0.5, 0.6) is 0 Å². The van der Waals surface area contributed by atoms with E-state index in [2.05, 4.69) is 58.2 Å². The van der Waals surface area contributed by atoms with E-state index in [0.29, 0.717) is 18.4 Å². The highest BCUT2D eigenvalue weighted by atomic mass is 16.2. The molecule has 16 N–H and O–H groups in total. The van der Waals surface area contributed by atoms with Gasteiger partial charge in [0.15, 0.2) is 5.96 Å². The van der Waals surface area contributed by atoms with Gasteiger partial charge in [-0.25, -0.2) is 4.79 Å². The standard InChI is InChI=1S/C38H60N14O10/c1-22(53)46-20-30(55)49-28-19-29(54)43-15-7-6-12-24(32(57)42-2)48-31(56)21-47-33(58)25(13-8-16-44-37(39)40)50-35(60)27(18-23-10-4-3-5-11-23)52-34(59)26(51-36(28)61)14-9-17-45-38(41)62/h3-5,10-11,24-28H,6-9,12-21H2,1-2H3,(H,42,57)(H,43,54)(H,46,53)(H,47,58)(H,48,56)(H,49,55)(H,50,60)(H,51,61)(H,52,59)(H4,39,40,44)(H3,41,45,62)/t24?,25?,26-,27?,28?/m0/s1. The van der Waals surface area contributed by atoms with Crippen molar-refractivity contribution in [3.8, 4) is 0 Å². The number of benzene rings is 1. The number of urea groups is 1. The van der Waals surface area contributed by atoms with Crippen molar-refractivity contribution in [2.45, 2.75) is 94.9 Å². The molecule has 2 rings (SSSR count). The normalized spacial score (nSPS) is 21.2. The molecule has 1 aromatic rings. The van der Waals surface area contributed by atoms with Crippen LogP contribution < -0.4 is 70.4 Å². The van der Waals surface area contributed by atoms with E-state index in [1.165, 1.54) is 14.0 Å². The molecule has 0 bridgehead atoms. The summed E-state index contributed by atoms with van der Waals surface area (Å²) >= 11 is 0. The van der Waals surface area contributed by atoms with Gasteiger partial charge in [0.25, 0.3) is 0 Å². The Balaban J connectivity index is 2.59. The van der Waals surface area contributed by atoms with Crippen molar-refractivity contribution in [2.24, 2.45) is 22.2 Å². The maximum Gasteiger partial charge on any atom is 0.312 e. The molecule has 1 aliphatic rings. The van der Waals surface area contributed by atoms with Crippen molar-refractivity contribution >= 4 is 65.2 Å². The lowest BCUT2D eigenvalue weighted by atomic mass is 10.0. The van der Waals surface area contributed by atoms with E-state index in [1.54, 1.807) is 30.3 Å². The van der Waals surface area contributed by atoms with Gasteiger partial charge in [0.05, 0.1) is 19.5 Å². The van der Waals surface area contributed by atoms with Crippen molar-refractivity contribution in [1.29, 1.82) is 0 Å². The van der Waals surface area contributed by atoms with Crippen LogP contribution in [-0.4, -0.2) is 135 Å². The van der Waals surface area contributed by atoms with Crippen LogP contribution in [0, 0.1) is 0 Å². The fraction of sp³-hybridized carbons (Fsp3) is 0.553. The minimum absolute atomic E-state index is 0.0132. The molecule has 1 aliphatic heterocycles. The predicted octanol–water partition coefficient (Wildman–Crippen LogP) is -5.16. The number of amides is 11. The van der Waals surface area contributed by atoms with E-state index in [0.717, 1.165) is 0 Å². The fourth-order valence-electron chi connectivity index (χ4n) is 6.03. The van der Waals surface area contributed by atoms with Crippen LogP contribution in [0.4, 0.5) is 4.79 Å². The highest BCUT2D eigenvalue weighted by Gasteiger charge is 2.33. The van der Waals surface area contributed by atoms with E-state index in [1.807, 2.05) is 0 Å². The number of nitrogens with two attached hydrogens (primary N) is 3. The number of hydrogen-bond acceptors (Lipinski definition) is 11. The van der Waals surface area contributed by atoms with Gasteiger partial charge in [0.1, 0.15) is 30.2 Å². The second-order valence-electron chi connectivity index (χ2n) is 14.3. The molecular weight excluding hydrogens is 813 g/mol. The van der Waals surface area contributed by atoms with Crippen molar-refractivity contribution in [2.75, 3.05) is 39.8 Å². The fourth-order valence-corrected chi connectivity index (χ4v) is 6.03. The van der Waals surface area contributed by atoms with Crippen LogP contribution >= 0.6 is 0 Å². The van der Waals surface area contributed by atoms with Crippen LogP contribution in [0.2, 0.25) is 0 Å². The van der Waals surface area contributed by atoms with E-state index >= 15 is 0 Å². The molecule has 0 saturated carbocycles. The average Bonchev–Trinajstić information content (AvgIpc) is 3.22. The van der Waals surface area contributed by atoms with Crippen molar-refractivity contribution in [3.63, 3.8) is 0 Å².